The molecule has 2 N–H and O–H groups in total. The molecule has 0 saturated heterocycles. The molecule has 2 aromatic heterocycles. The molecule has 2 heterocycles. The second-order valence-electron chi connectivity index (χ2n) is 7.35. The van der Waals surface area contributed by atoms with Crippen molar-refractivity contribution in [3.63, 3.8) is 0 Å². The summed E-state index contributed by atoms with van der Waals surface area (Å²) in [5.74, 6) is 1.27. The summed E-state index contributed by atoms with van der Waals surface area (Å²) in [6, 6.07) is 9.98. The normalized spacial score (nSPS) is 11.9. The highest BCUT2D eigenvalue weighted by molar-refractivity contribution is 5.94. The van der Waals surface area contributed by atoms with Crippen molar-refractivity contribution < 1.29 is 9.47 Å². The van der Waals surface area contributed by atoms with Gasteiger partial charge in [-0.25, -0.2) is 9.97 Å². The van der Waals surface area contributed by atoms with Gasteiger partial charge in [-0.15, -0.1) is 0 Å². The maximum Gasteiger partial charge on any atom is 0.253 e. The monoisotopic (exact) mass is 421 g/mol. The van der Waals surface area contributed by atoms with Crippen molar-refractivity contribution in [2.24, 2.45) is 0 Å². The van der Waals surface area contributed by atoms with Gasteiger partial charge in [-0.1, -0.05) is 12.1 Å². The number of rotatable bonds is 10. The second kappa shape index (κ2) is 10.5. The average molecular weight is 422 g/mol. The molecular weight excluding hydrogens is 394 g/mol. The molecule has 0 aliphatic heterocycles. The van der Waals surface area contributed by atoms with E-state index in [1.807, 2.05) is 56.3 Å². The summed E-state index contributed by atoms with van der Waals surface area (Å²) in [7, 11) is 5.59. The fourth-order valence-electron chi connectivity index (χ4n) is 3.15. The van der Waals surface area contributed by atoms with E-state index in [1.165, 1.54) is 6.20 Å². The highest BCUT2D eigenvalue weighted by Gasteiger charge is 2.14. The van der Waals surface area contributed by atoms with Crippen LogP contribution in [0.4, 0.5) is 17.3 Å². The van der Waals surface area contributed by atoms with Gasteiger partial charge in [-0.3, -0.25) is 0 Å². The molecule has 9 nitrogen and oxygen atoms in total. The number of anilines is 3. The first kappa shape index (κ1) is 22.2. The van der Waals surface area contributed by atoms with Crippen LogP contribution in [0.2, 0.25) is 0 Å². The Balaban J connectivity index is 1.80. The number of methoxy groups -OCH3 is 1. The van der Waals surface area contributed by atoms with Crippen LogP contribution in [0.5, 0.6) is 5.88 Å². The molecule has 0 saturated carbocycles. The van der Waals surface area contributed by atoms with Crippen LogP contribution >= 0.6 is 0 Å². The topological polar surface area (TPSA) is 108 Å². The van der Waals surface area contributed by atoms with Crippen molar-refractivity contribution >= 4 is 28.1 Å². The zero-order valence-electron chi connectivity index (χ0n) is 18.2. The number of hydrogen-bond donors (Lipinski definition) is 2. The molecule has 3 rings (SSSR count). The third-order valence-electron chi connectivity index (χ3n) is 4.42. The van der Waals surface area contributed by atoms with Gasteiger partial charge in [0.1, 0.15) is 18.0 Å². The Morgan fingerprint density at radius 2 is 2.03 bits per heavy atom. The molecule has 0 fully saturated rings. The van der Waals surface area contributed by atoms with E-state index in [-0.39, 0.29) is 17.7 Å². The van der Waals surface area contributed by atoms with Gasteiger partial charge < -0.3 is 25.0 Å². The summed E-state index contributed by atoms with van der Waals surface area (Å²) in [5, 5.41) is 17.9. The number of nitriles is 1. The molecule has 3 aromatic rings. The van der Waals surface area contributed by atoms with Gasteiger partial charge in [0, 0.05) is 37.5 Å². The lowest BCUT2D eigenvalue weighted by molar-refractivity contribution is 0.169. The van der Waals surface area contributed by atoms with Gasteiger partial charge in [0.25, 0.3) is 5.88 Å². The minimum absolute atomic E-state index is 0.144. The summed E-state index contributed by atoms with van der Waals surface area (Å²) in [4.78, 5) is 15.1. The van der Waals surface area contributed by atoms with E-state index in [0.29, 0.717) is 31.3 Å². The Kier molecular flexibility index (Phi) is 7.54. The van der Waals surface area contributed by atoms with Crippen LogP contribution in [-0.4, -0.2) is 66.9 Å². The lowest BCUT2D eigenvalue weighted by Crippen LogP contribution is -2.28. The Morgan fingerprint density at radius 1 is 1.19 bits per heavy atom. The summed E-state index contributed by atoms with van der Waals surface area (Å²) < 4.78 is 10.9. The van der Waals surface area contributed by atoms with Crippen LogP contribution in [0.25, 0.3) is 10.8 Å². The standard InChI is InChI=1S/C22H27N7O2/c1-15(14-29(2)3)31-22-19(11-23)25-13-21(28-22)27-20-10-16-6-5-7-18(17(16)12-26-20)24-8-9-30-4/h5-7,10,12-13,15,24H,8-9,14H2,1-4H3,(H,26,27,28)/t15-/m1/s1. The van der Waals surface area contributed by atoms with Crippen LogP contribution in [0.1, 0.15) is 12.6 Å². The van der Waals surface area contributed by atoms with E-state index < -0.39 is 0 Å². The summed E-state index contributed by atoms with van der Waals surface area (Å²) >= 11 is 0. The van der Waals surface area contributed by atoms with Gasteiger partial charge >= 0.3 is 0 Å². The van der Waals surface area contributed by atoms with Crippen molar-refractivity contribution in [2.45, 2.75) is 13.0 Å². The summed E-state index contributed by atoms with van der Waals surface area (Å²) in [5.41, 5.74) is 1.15. The van der Waals surface area contributed by atoms with Gasteiger partial charge in [0.2, 0.25) is 5.69 Å². The third-order valence-corrected chi connectivity index (χ3v) is 4.42. The molecule has 0 radical (unpaired) electrons. The molecule has 0 bridgehead atoms. The first-order valence-corrected chi connectivity index (χ1v) is 9.97. The van der Waals surface area contributed by atoms with Gasteiger partial charge in [-0.2, -0.15) is 10.2 Å². The molecular formula is C22H27N7O2. The van der Waals surface area contributed by atoms with E-state index in [2.05, 4.69) is 25.6 Å². The van der Waals surface area contributed by atoms with E-state index in [1.54, 1.807) is 13.3 Å². The molecule has 0 unspecified atom stereocenters. The molecule has 0 amide bonds. The zero-order chi connectivity index (χ0) is 22.2. The third kappa shape index (κ3) is 6.01. The number of ether oxygens (including phenoxy) is 2. The number of fused-ring (bicyclic) bond motifs is 1. The Labute approximate surface area is 182 Å². The predicted octanol–water partition coefficient (Wildman–Crippen LogP) is 3.03. The summed E-state index contributed by atoms with van der Waals surface area (Å²) in [6.07, 6.45) is 3.16. The minimum Gasteiger partial charge on any atom is -0.471 e. The number of nitrogens with zero attached hydrogens (tertiary/aromatic N) is 5. The highest BCUT2D eigenvalue weighted by Crippen LogP contribution is 2.26. The highest BCUT2D eigenvalue weighted by atomic mass is 16.5. The minimum atomic E-state index is -0.144. The largest absolute Gasteiger partial charge is 0.471 e. The second-order valence-corrected chi connectivity index (χ2v) is 7.35. The predicted molar refractivity (Wildman–Crippen MR) is 121 cm³/mol. The Hall–Kier alpha value is -3.48. The summed E-state index contributed by atoms with van der Waals surface area (Å²) in [6.45, 7) is 3.95. The molecule has 0 aliphatic rings. The zero-order valence-corrected chi connectivity index (χ0v) is 18.2. The number of aromatic nitrogens is 3. The number of likely N-dealkylation sites (N-methyl/N-ethyl adjacent to an activating group) is 1. The quantitative estimate of drug-likeness (QED) is 0.477. The number of benzene rings is 1. The van der Waals surface area contributed by atoms with E-state index in [9.17, 15) is 5.26 Å². The fraction of sp³-hybridized carbons (Fsp3) is 0.364. The first-order chi connectivity index (χ1) is 15.0. The molecule has 31 heavy (non-hydrogen) atoms. The van der Waals surface area contributed by atoms with Crippen molar-refractivity contribution in [1.82, 2.24) is 19.9 Å². The van der Waals surface area contributed by atoms with E-state index in [4.69, 9.17) is 9.47 Å². The van der Waals surface area contributed by atoms with Crippen molar-refractivity contribution in [1.29, 1.82) is 5.26 Å². The lowest BCUT2D eigenvalue weighted by Gasteiger charge is -2.18. The van der Waals surface area contributed by atoms with E-state index >= 15 is 0 Å². The lowest BCUT2D eigenvalue weighted by atomic mass is 10.1. The number of nitrogens with one attached hydrogen (secondary N) is 2. The van der Waals surface area contributed by atoms with Crippen LogP contribution in [0.3, 0.4) is 0 Å². The SMILES string of the molecule is COCCNc1cccc2cc(Nc3cnc(C#N)c(O[C@H](C)CN(C)C)n3)ncc12. The maximum atomic E-state index is 9.33. The van der Waals surface area contributed by atoms with E-state index in [0.717, 1.165) is 16.5 Å². The smallest absolute Gasteiger partial charge is 0.253 e. The molecule has 0 spiro atoms. The van der Waals surface area contributed by atoms with Crippen LogP contribution in [-0.2, 0) is 4.74 Å². The first-order valence-electron chi connectivity index (χ1n) is 9.97. The average Bonchev–Trinajstić information content (AvgIpc) is 2.73. The van der Waals surface area contributed by atoms with Gasteiger partial charge in [0.05, 0.1) is 12.8 Å². The molecule has 1 aromatic carbocycles. The molecule has 162 valence electrons. The number of hydrogen-bond acceptors (Lipinski definition) is 9. The Morgan fingerprint density at radius 3 is 2.77 bits per heavy atom. The fourth-order valence-corrected chi connectivity index (χ4v) is 3.15. The van der Waals surface area contributed by atoms with Crippen molar-refractivity contribution in [3.05, 3.63) is 42.4 Å². The number of pyridine rings is 1. The maximum absolute atomic E-state index is 9.33. The van der Waals surface area contributed by atoms with Crippen molar-refractivity contribution in [3.8, 4) is 11.9 Å². The molecule has 9 heteroatoms. The van der Waals surface area contributed by atoms with Crippen LogP contribution < -0.4 is 15.4 Å². The van der Waals surface area contributed by atoms with Gasteiger partial charge in [0.15, 0.2) is 5.82 Å². The van der Waals surface area contributed by atoms with Gasteiger partial charge in [-0.05, 0) is 38.5 Å². The van der Waals surface area contributed by atoms with Crippen LogP contribution in [0.15, 0.2) is 36.7 Å². The van der Waals surface area contributed by atoms with Crippen molar-refractivity contribution in [2.75, 3.05) is 51.5 Å². The molecule has 1 atom stereocenters. The Bertz CT molecular complexity index is 1070. The van der Waals surface area contributed by atoms with Crippen LogP contribution in [0, 0.1) is 11.3 Å². The molecule has 0 aliphatic carbocycles.